The Morgan fingerprint density at radius 1 is 1.58 bits per heavy atom. The molecule has 2 saturated heterocycles. The van der Waals surface area contributed by atoms with Gasteiger partial charge < -0.3 is 10.1 Å². The molecule has 3 heteroatoms. The standard InChI is InChI=1S/C9H15NO2/c1-2-12-9(11)7-5-6-3-4-8(7)10-6/h6-8,10H,2-5H2,1H3/t6-,7+,8+/m1/s1. The third-order valence-electron chi connectivity index (χ3n) is 2.89. The zero-order valence-electron chi connectivity index (χ0n) is 7.38. The van der Waals surface area contributed by atoms with Crippen molar-refractivity contribution in [2.45, 2.75) is 38.3 Å². The first-order chi connectivity index (χ1) is 5.81. The number of hydrogen-bond acceptors (Lipinski definition) is 3. The van der Waals surface area contributed by atoms with E-state index in [0.717, 1.165) is 12.8 Å². The lowest BCUT2D eigenvalue weighted by Crippen LogP contribution is -2.30. The molecule has 2 aliphatic rings. The number of ether oxygens (including phenoxy) is 1. The first-order valence-electron chi connectivity index (χ1n) is 4.74. The summed E-state index contributed by atoms with van der Waals surface area (Å²) in [5.74, 6) is 0.140. The van der Waals surface area contributed by atoms with Crippen molar-refractivity contribution in [1.29, 1.82) is 0 Å². The summed E-state index contributed by atoms with van der Waals surface area (Å²) in [5.41, 5.74) is 0. The highest BCUT2D eigenvalue weighted by molar-refractivity contribution is 5.74. The number of esters is 1. The molecule has 0 unspecified atom stereocenters. The van der Waals surface area contributed by atoms with Crippen molar-refractivity contribution in [3.05, 3.63) is 0 Å². The summed E-state index contributed by atoms with van der Waals surface area (Å²) in [6.45, 7) is 2.37. The van der Waals surface area contributed by atoms with Crippen molar-refractivity contribution < 1.29 is 9.53 Å². The molecule has 1 N–H and O–H groups in total. The lowest BCUT2D eigenvalue weighted by Gasteiger charge is -2.17. The molecule has 3 atom stereocenters. The minimum absolute atomic E-state index is 0.00259. The number of fused-ring (bicyclic) bond motifs is 2. The minimum atomic E-state index is -0.00259. The molecule has 68 valence electrons. The van der Waals surface area contributed by atoms with E-state index in [1.807, 2.05) is 6.92 Å². The van der Waals surface area contributed by atoms with Gasteiger partial charge in [0.15, 0.2) is 0 Å². The Morgan fingerprint density at radius 2 is 2.42 bits per heavy atom. The average Bonchev–Trinajstić information content (AvgIpc) is 2.64. The first-order valence-corrected chi connectivity index (χ1v) is 4.74. The van der Waals surface area contributed by atoms with Crippen molar-refractivity contribution in [1.82, 2.24) is 5.32 Å². The molecule has 0 radical (unpaired) electrons. The van der Waals surface area contributed by atoms with Gasteiger partial charge in [-0.3, -0.25) is 4.79 Å². The van der Waals surface area contributed by atoms with Crippen LogP contribution in [-0.4, -0.2) is 24.7 Å². The number of nitrogens with one attached hydrogen (secondary N) is 1. The monoisotopic (exact) mass is 169 g/mol. The summed E-state index contributed by atoms with van der Waals surface area (Å²) in [6.07, 6.45) is 3.37. The van der Waals surface area contributed by atoms with Gasteiger partial charge in [0, 0.05) is 12.1 Å². The van der Waals surface area contributed by atoms with Gasteiger partial charge in [0.1, 0.15) is 0 Å². The topological polar surface area (TPSA) is 38.3 Å². The molecule has 2 aliphatic heterocycles. The minimum Gasteiger partial charge on any atom is -0.466 e. The third kappa shape index (κ3) is 1.22. The molecule has 2 heterocycles. The second-order valence-corrected chi connectivity index (χ2v) is 3.64. The summed E-state index contributed by atoms with van der Waals surface area (Å²) in [5, 5.41) is 3.42. The number of carbonyl (C=O) groups excluding carboxylic acids is 1. The second kappa shape index (κ2) is 3.05. The first kappa shape index (κ1) is 8.05. The Morgan fingerprint density at radius 3 is 2.92 bits per heavy atom. The van der Waals surface area contributed by atoms with Gasteiger partial charge >= 0.3 is 5.97 Å². The van der Waals surface area contributed by atoms with E-state index >= 15 is 0 Å². The van der Waals surface area contributed by atoms with E-state index in [-0.39, 0.29) is 11.9 Å². The maximum Gasteiger partial charge on any atom is 0.310 e. The van der Waals surface area contributed by atoms with Crippen LogP contribution in [0.1, 0.15) is 26.2 Å². The van der Waals surface area contributed by atoms with Gasteiger partial charge in [-0.05, 0) is 26.2 Å². The van der Waals surface area contributed by atoms with Gasteiger partial charge in [-0.25, -0.2) is 0 Å². The largest absolute Gasteiger partial charge is 0.466 e. The van der Waals surface area contributed by atoms with Crippen LogP contribution in [0.4, 0.5) is 0 Å². The zero-order chi connectivity index (χ0) is 8.55. The average molecular weight is 169 g/mol. The fourth-order valence-corrected chi connectivity index (χ4v) is 2.33. The summed E-state index contributed by atoms with van der Waals surface area (Å²) in [6, 6.07) is 0.999. The maximum absolute atomic E-state index is 11.4. The van der Waals surface area contributed by atoms with E-state index in [4.69, 9.17) is 4.74 Å². The van der Waals surface area contributed by atoms with Crippen LogP contribution in [0.3, 0.4) is 0 Å². The lowest BCUT2D eigenvalue weighted by atomic mass is 9.89. The predicted molar refractivity (Wildman–Crippen MR) is 44.7 cm³/mol. The van der Waals surface area contributed by atoms with Crippen LogP contribution in [0.25, 0.3) is 0 Å². The fourth-order valence-electron chi connectivity index (χ4n) is 2.33. The number of carbonyl (C=O) groups is 1. The second-order valence-electron chi connectivity index (χ2n) is 3.64. The molecule has 0 aromatic heterocycles. The number of rotatable bonds is 2. The molecular formula is C9H15NO2. The van der Waals surface area contributed by atoms with Crippen LogP contribution in [0.5, 0.6) is 0 Å². The summed E-state index contributed by atoms with van der Waals surface area (Å²) < 4.78 is 5.00. The lowest BCUT2D eigenvalue weighted by molar-refractivity contribution is -0.148. The Balaban J connectivity index is 1.93. The summed E-state index contributed by atoms with van der Waals surface area (Å²) in [7, 11) is 0. The van der Waals surface area contributed by atoms with Crippen molar-refractivity contribution in [3.63, 3.8) is 0 Å². The van der Waals surface area contributed by atoms with Crippen LogP contribution in [0.2, 0.25) is 0 Å². The van der Waals surface area contributed by atoms with E-state index in [0.29, 0.717) is 18.7 Å². The SMILES string of the molecule is CCOC(=O)[C@H]1C[C@H]2CC[C@@H]1N2. The molecular weight excluding hydrogens is 154 g/mol. The van der Waals surface area contributed by atoms with Gasteiger partial charge in [-0.2, -0.15) is 0 Å². The molecule has 2 rings (SSSR count). The molecule has 0 aliphatic carbocycles. The normalized spacial score (nSPS) is 38.6. The van der Waals surface area contributed by atoms with Gasteiger partial charge in [-0.15, -0.1) is 0 Å². The van der Waals surface area contributed by atoms with Crippen LogP contribution in [0.15, 0.2) is 0 Å². The van der Waals surface area contributed by atoms with Crippen molar-refractivity contribution in [2.24, 2.45) is 5.92 Å². The Bertz CT molecular complexity index is 193. The number of hydrogen-bond donors (Lipinski definition) is 1. The van der Waals surface area contributed by atoms with Crippen LogP contribution < -0.4 is 5.32 Å². The Kier molecular flexibility index (Phi) is 2.05. The molecule has 0 amide bonds. The Hall–Kier alpha value is -0.570. The zero-order valence-corrected chi connectivity index (χ0v) is 7.38. The van der Waals surface area contributed by atoms with Crippen molar-refractivity contribution >= 4 is 5.97 Å². The molecule has 0 spiro atoms. The molecule has 2 fully saturated rings. The quantitative estimate of drug-likeness (QED) is 0.618. The van der Waals surface area contributed by atoms with Crippen LogP contribution >= 0.6 is 0 Å². The van der Waals surface area contributed by atoms with E-state index in [2.05, 4.69) is 5.32 Å². The van der Waals surface area contributed by atoms with E-state index < -0.39 is 0 Å². The third-order valence-corrected chi connectivity index (χ3v) is 2.89. The molecule has 2 bridgehead atoms. The Labute approximate surface area is 72.5 Å². The van der Waals surface area contributed by atoms with Crippen LogP contribution in [-0.2, 0) is 9.53 Å². The maximum atomic E-state index is 11.4. The van der Waals surface area contributed by atoms with Gasteiger partial charge in [0.2, 0.25) is 0 Å². The highest BCUT2D eigenvalue weighted by atomic mass is 16.5. The highest BCUT2D eigenvalue weighted by Gasteiger charge is 2.43. The van der Waals surface area contributed by atoms with Gasteiger partial charge in [0.05, 0.1) is 12.5 Å². The molecule has 12 heavy (non-hydrogen) atoms. The summed E-state index contributed by atoms with van der Waals surface area (Å²) in [4.78, 5) is 11.4. The molecule has 0 saturated carbocycles. The van der Waals surface area contributed by atoms with Crippen molar-refractivity contribution in [3.8, 4) is 0 Å². The smallest absolute Gasteiger partial charge is 0.310 e. The molecule has 0 aromatic carbocycles. The van der Waals surface area contributed by atoms with E-state index in [9.17, 15) is 4.79 Å². The summed E-state index contributed by atoms with van der Waals surface area (Å²) >= 11 is 0. The van der Waals surface area contributed by atoms with Crippen LogP contribution in [0, 0.1) is 5.92 Å². The van der Waals surface area contributed by atoms with Crippen molar-refractivity contribution in [2.75, 3.05) is 6.61 Å². The van der Waals surface area contributed by atoms with Gasteiger partial charge in [0.25, 0.3) is 0 Å². The highest BCUT2D eigenvalue weighted by Crippen LogP contribution is 2.33. The van der Waals surface area contributed by atoms with E-state index in [1.165, 1.54) is 6.42 Å². The fraction of sp³-hybridized carbons (Fsp3) is 0.889. The molecule has 3 nitrogen and oxygen atoms in total. The predicted octanol–water partition coefficient (Wildman–Crippen LogP) is 0.690. The van der Waals surface area contributed by atoms with Gasteiger partial charge in [-0.1, -0.05) is 0 Å². The molecule has 0 aromatic rings. The van der Waals surface area contributed by atoms with E-state index in [1.54, 1.807) is 0 Å².